The molecule has 0 saturated carbocycles. The lowest BCUT2D eigenvalue weighted by molar-refractivity contribution is -0.139. The molecular weight excluding hydrogens is 377 g/mol. The second-order valence-electron chi connectivity index (χ2n) is 6.47. The predicted molar refractivity (Wildman–Crippen MR) is 95.0 cm³/mol. The molecule has 1 aromatic rings. The van der Waals surface area contributed by atoms with E-state index in [1.165, 1.54) is 25.1 Å². The van der Waals surface area contributed by atoms with Crippen LogP contribution in [0.2, 0.25) is 0 Å². The Hall–Kier alpha value is -2.62. The van der Waals surface area contributed by atoms with E-state index in [2.05, 4.69) is 16.0 Å². The van der Waals surface area contributed by atoms with E-state index >= 15 is 0 Å². The first kappa shape index (κ1) is 21.7. The van der Waals surface area contributed by atoms with Gasteiger partial charge in [0.05, 0.1) is 18.0 Å². The maximum Gasteiger partial charge on any atom is 0.416 e. The maximum absolute atomic E-state index is 13.2. The Kier molecular flexibility index (Phi) is 7.38. The van der Waals surface area contributed by atoms with E-state index in [1.54, 1.807) is 4.90 Å². The van der Waals surface area contributed by atoms with Gasteiger partial charge in [-0.2, -0.15) is 13.2 Å². The zero-order chi connectivity index (χ0) is 20.7. The van der Waals surface area contributed by atoms with Crippen molar-refractivity contribution >= 4 is 17.7 Å². The van der Waals surface area contributed by atoms with Crippen molar-refractivity contribution in [3.8, 4) is 0 Å². The molecule has 1 heterocycles. The lowest BCUT2D eigenvalue weighted by Gasteiger charge is -2.35. The monoisotopic (exact) mass is 400 g/mol. The normalized spacial score (nSPS) is 17.7. The molecule has 0 unspecified atom stereocenters. The molecule has 0 bridgehead atoms. The number of amides is 3. The van der Waals surface area contributed by atoms with Gasteiger partial charge in [-0.05, 0) is 11.6 Å². The summed E-state index contributed by atoms with van der Waals surface area (Å²) < 4.78 is 39.7. The fourth-order valence-electron chi connectivity index (χ4n) is 3.01. The van der Waals surface area contributed by atoms with Crippen LogP contribution in [0.25, 0.3) is 0 Å². The summed E-state index contributed by atoms with van der Waals surface area (Å²) >= 11 is 0. The second kappa shape index (κ2) is 9.54. The molecule has 1 saturated heterocycles. The number of nitrogens with one attached hydrogen (secondary N) is 3. The van der Waals surface area contributed by atoms with Crippen molar-refractivity contribution in [3.05, 3.63) is 35.4 Å². The molecule has 0 radical (unpaired) electrons. The van der Waals surface area contributed by atoms with Crippen molar-refractivity contribution in [2.45, 2.75) is 32.1 Å². The van der Waals surface area contributed by atoms with Crippen LogP contribution in [0.4, 0.5) is 13.2 Å². The van der Waals surface area contributed by atoms with Gasteiger partial charge in [-0.15, -0.1) is 0 Å². The number of carbonyl (C=O) groups is 3. The minimum absolute atomic E-state index is 0.0563. The van der Waals surface area contributed by atoms with Crippen molar-refractivity contribution < 1.29 is 27.6 Å². The van der Waals surface area contributed by atoms with Crippen molar-refractivity contribution in [2.75, 3.05) is 26.2 Å². The molecule has 0 spiro atoms. The number of rotatable bonds is 7. The van der Waals surface area contributed by atoms with Crippen molar-refractivity contribution in [2.24, 2.45) is 0 Å². The van der Waals surface area contributed by atoms with Crippen LogP contribution >= 0.6 is 0 Å². The average molecular weight is 400 g/mol. The van der Waals surface area contributed by atoms with Crippen LogP contribution in [0.3, 0.4) is 0 Å². The van der Waals surface area contributed by atoms with Gasteiger partial charge in [0, 0.05) is 39.6 Å². The lowest BCUT2D eigenvalue weighted by Crippen LogP contribution is -2.56. The number of alkyl halides is 3. The Morgan fingerprint density at radius 2 is 1.89 bits per heavy atom. The van der Waals surface area contributed by atoms with Gasteiger partial charge in [0.2, 0.25) is 17.7 Å². The molecule has 10 heteroatoms. The van der Waals surface area contributed by atoms with E-state index in [0.717, 1.165) is 6.07 Å². The molecule has 3 N–H and O–H groups in total. The van der Waals surface area contributed by atoms with Crippen LogP contribution in [0.1, 0.15) is 24.5 Å². The van der Waals surface area contributed by atoms with Crippen LogP contribution < -0.4 is 16.0 Å². The fraction of sp³-hybridized carbons (Fsp3) is 0.500. The largest absolute Gasteiger partial charge is 0.416 e. The summed E-state index contributed by atoms with van der Waals surface area (Å²) in [6, 6.07) is 4.34. The molecule has 154 valence electrons. The van der Waals surface area contributed by atoms with Gasteiger partial charge in [-0.3, -0.25) is 19.3 Å². The minimum atomic E-state index is -4.49. The van der Waals surface area contributed by atoms with E-state index in [0.29, 0.717) is 13.1 Å². The van der Waals surface area contributed by atoms with Crippen molar-refractivity contribution in [1.82, 2.24) is 20.9 Å². The topological polar surface area (TPSA) is 90.5 Å². The molecule has 7 nitrogen and oxygen atoms in total. The molecule has 1 aliphatic heterocycles. The fourth-order valence-corrected chi connectivity index (χ4v) is 3.01. The number of hydrogen-bond acceptors (Lipinski definition) is 4. The zero-order valence-electron chi connectivity index (χ0n) is 15.4. The highest BCUT2D eigenvalue weighted by Gasteiger charge is 2.36. The molecule has 1 aromatic carbocycles. The first-order valence-electron chi connectivity index (χ1n) is 8.86. The zero-order valence-corrected chi connectivity index (χ0v) is 15.4. The number of nitrogens with zero attached hydrogens (tertiary/aromatic N) is 1. The van der Waals surface area contributed by atoms with Crippen molar-refractivity contribution in [1.29, 1.82) is 0 Å². The maximum atomic E-state index is 13.2. The summed E-state index contributed by atoms with van der Waals surface area (Å²) in [5.41, 5.74) is -0.694. The van der Waals surface area contributed by atoms with E-state index in [-0.39, 0.29) is 37.5 Å². The molecule has 1 fully saturated rings. The summed E-state index contributed by atoms with van der Waals surface area (Å²) in [7, 11) is 0. The number of benzene rings is 1. The molecule has 3 amide bonds. The Labute approximate surface area is 160 Å². The standard InChI is InChI=1S/C18H23F3N4O3/c1-12(26)22-6-7-23-16(27)10-15-17(28)24-8-9-25(15)11-13-4-2-3-5-14(13)18(19,20)21/h2-5,15H,6-11H2,1H3,(H,22,26)(H,23,27)(H,24,28)/t15-/m0/s1. The summed E-state index contributed by atoms with van der Waals surface area (Å²) in [6.07, 6.45) is -4.68. The molecule has 1 atom stereocenters. The van der Waals surface area contributed by atoms with Crippen LogP contribution in [0.5, 0.6) is 0 Å². The van der Waals surface area contributed by atoms with E-state index < -0.39 is 29.6 Å². The van der Waals surface area contributed by atoms with Gasteiger partial charge in [0.15, 0.2) is 0 Å². The number of halogens is 3. The van der Waals surface area contributed by atoms with Gasteiger partial charge >= 0.3 is 6.18 Å². The molecule has 28 heavy (non-hydrogen) atoms. The van der Waals surface area contributed by atoms with E-state index in [1.807, 2.05) is 0 Å². The summed E-state index contributed by atoms with van der Waals surface area (Å²) in [5.74, 6) is -1.04. The first-order valence-corrected chi connectivity index (χ1v) is 8.86. The Morgan fingerprint density at radius 3 is 2.57 bits per heavy atom. The summed E-state index contributed by atoms with van der Waals surface area (Å²) in [4.78, 5) is 36.7. The van der Waals surface area contributed by atoms with Gasteiger partial charge in [-0.25, -0.2) is 0 Å². The van der Waals surface area contributed by atoms with E-state index in [4.69, 9.17) is 0 Å². The summed E-state index contributed by atoms with van der Waals surface area (Å²) in [6.45, 7) is 2.34. The smallest absolute Gasteiger partial charge is 0.355 e. The van der Waals surface area contributed by atoms with Crippen molar-refractivity contribution in [3.63, 3.8) is 0 Å². The SMILES string of the molecule is CC(=O)NCCNC(=O)C[C@H]1C(=O)NCCN1Cc1ccccc1C(F)(F)F. The van der Waals surface area contributed by atoms with Crippen LogP contribution in [-0.2, 0) is 27.1 Å². The van der Waals surface area contributed by atoms with Gasteiger partial charge < -0.3 is 16.0 Å². The number of carbonyl (C=O) groups excluding carboxylic acids is 3. The highest BCUT2D eigenvalue weighted by Crippen LogP contribution is 2.32. The molecule has 1 aliphatic rings. The van der Waals surface area contributed by atoms with Crippen LogP contribution in [0, 0.1) is 0 Å². The van der Waals surface area contributed by atoms with E-state index in [9.17, 15) is 27.6 Å². The van der Waals surface area contributed by atoms with Crippen LogP contribution in [0.15, 0.2) is 24.3 Å². The quantitative estimate of drug-likeness (QED) is 0.587. The first-order chi connectivity index (χ1) is 13.2. The Morgan fingerprint density at radius 1 is 1.21 bits per heavy atom. The molecule has 0 aromatic heterocycles. The molecule has 0 aliphatic carbocycles. The Balaban J connectivity index is 2.04. The minimum Gasteiger partial charge on any atom is -0.355 e. The third-order valence-corrected chi connectivity index (χ3v) is 4.34. The second-order valence-corrected chi connectivity index (χ2v) is 6.47. The van der Waals surface area contributed by atoms with Crippen LogP contribution in [-0.4, -0.2) is 54.8 Å². The highest BCUT2D eigenvalue weighted by molar-refractivity contribution is 5.88. The Bertz CT molecular complexity index is 724. The number of hydrogen-bond donors (Lipinski definition) is 3. The third kappa shape index (κ3) is 6.22. The lowest BCUT2D eigenvalue weighted by atomic mass is 10.0. The third-order valence-electron chi connectivity index (χ3n) is 4.34. The molecule has 2 rings (SSSR count). The summed E-state index contributed by atoms with van der Waals surface area (Å²) in [5, 5.41) is 7.75. The average Bonchev–Trinajstić information content (AvgIpc) is 2.61. The number of piperazine rings is 1. The predicted octanol–water partition coefficient (Wildman–Crippen LogP) is 0.648. The van der Waals surface area contributed by atoms with Gasteiger partial charge in [0.1, 0.15) is 0 Å². The highest BCUT2D eigenvalue weighted by atomic mass is 19.4. The molecular formula is C18H23F3N4O3. The van der Waals surface area contributed by atoms with Gasteiger partial charge in [-0.1, -0.05) is 18.2 Å². The van der Waals surface area contributed by atoms with Gasteiger partial charge in [0.25, 0.3) is 0 Å².